The number of urea groups is 1. The standard InChI is InChI=1S/C13H10BrFN2OS.C13H13FN2S.C7H10N2O2.C5H10N2O2/c1-19-13-16-7-6-10(17-13)11(14)12(18)8-2-4-9(15)5-3-8;1-17-13-15-9-8-12(16-13)7-4-10-2-5-11(14)6-3-10;1-4-11-7(8-1)9-2-5-10-6-3-9;6-5(8)7-1-3-9-4-2-7/h2-7,11H,1H3;2-3,5-6,8-9H,4,7H2,1H3;1,4H,2-3,5-6H2;1-4H2,(H2,6,8). The average Bonchev–Trinajstić information content (AvgIpc) is 3.80. The van der Waals surface area contributed by atoms with Crippen LogP contribution in [0.2, 0.25) is 0 Å². The Morgan fingerprint density at radius 3 is 1.89 bits per heavy atom. The number of carbonyl (C=O) groups is 2. The van der Waals surface area contributed by atoms with Crippen molar-refractivity contribution >= 4 is 57.3 Å². The maximum absolute atomic E-state index is 12.8. The molecule has 0 aliphatic carbocycles. The Kier molecular flexibility index (Phi) is 19.1. The number of rotatable bonds is 9. The monoisotopic (exact) mass is 872 g/mol. The molecule has 2 amide bonds. The van der Waals surface area contributed by atoms with Crippen molar-refractivity contribution in [2.45, 2.75) is 28.0 Å². The molecule has 0 saturated carbocycles. The van der Waals surface area contributed by atoms with E-state index in [4.69, 9.17) is 19.6 Å². The second-order valence-corrected chi connectivity index (χ2v) is 14.2. The number of alkyl halides is 1. The summed E-state index contributed by atoms with van der Waals surface area (Å²) in [5.74, 6) is -0.722. The normalized spacial score (nSPS) is 14.2. The second-order valence-electron chi connectivity index (χ2n) is 11.7. The van der Waals surface area contributed by atoms with Crippen LogP contribution >= 0.6 is 39.5 Å². The number of oxazole rings is 1. The van der Waals surface area contributed by atoms with Gasteiger partial charge in [0.05, 0.1) is 38.3 Å². The molecule has 56 heavy (non-hydrogen) atoms. The van der Waals surface area contributed by atoms with E-state index in [9.17, 15) is 18.4 Å². The van der Waals surface area contributed by atoms with Crippen LogP contribution in [0.25, 0.3) is 0 Å². The van der Waals surface area contributed by atoms with Crippen molar-refractivity contribution in [2.24, 2.45) is 5.73 Å². The van der Waals surface area contributed by atoms with Crippen LogP contribution in [0.5, 0.6) is 0 Å². The number of ketones is 1. The number of amides is 2. The van der Waals surface area contributed by atoms with E-state index >= 15 is 0 Å². The van der Waals surface area contributed by atoms with Gasteiger partial charge in [-0.05, 0) is 79.4 Å². The lowest BCUT2D eigenvalue weighted by molar-refractivity contribution is 0.0554. The SMILES string of the molecule is CSc1nccc(C(Br)C(=O)c2ccc(F)cc2)n1.CSc1nccc(CCc2ccc(F)cc2)n1.NC(=O)N1CCOCC1.c1coc(N2CCOCC2)n1. The van der Waals surface area contributed by atoms with E-state index in [1.807, 2.05) is 30.7 Å². The van der Waals surface area contributed by atoms with Gasteiger partial charge >= 0.3 is 6.03 Å². The third-order valence-corrected chi connectivity index (χ3v) is 9.95. The first-order valence-corrected chi connectivity index (χ1v) is 20.8. The van der Waals surface area contributed by atoms with Crippen LogP contribution < -0.4 is 10.6 Å². The molecule has 5 heterocycles. The molecule has 2 aliphatic heterocycles. The summed E-state index contributed by atoms with van der Waals surface area (Å²) in [6, 6.07) is 16.0. The Bertz CT molecular complexity index is 1910. The van der Waals surface area contributed by atoms with Crippen LogP contribution in [0.1, 0.15) is 32.1 Å². The van der Waals surface area contributed by atoms with Crippen molar-refractivity contribution < 1.29 is 32.3 Å². The fourth-order valence-corrected chi connectivity index (χ4v) is 6.19. The van der Waals surface area contributed by atoms with Gasteiger partial charge in [0.15, 0.2) is 16.1 Å². The van der Waals surface area contributed by atoms with Crippen molar-refractivity contribution in [1.82, 2.24) is 29.8 Å². The molecule has 0 bridgehead atoms. The van der Waals surface area contributed by atoms with E-state index in [2.05, 4.69) is 45.7 Å². The lowest BCUT2D eigenvalue weighted by atomic mass is 10.1. The summed E-state index contributed by atoms with van der Waals surface area (Å²) >= 11 is 6.27. The first-order chi connectivity index (χ1) is 27.2. The molecule has 1 atom stereocenters. The Labute approximate surface area is 341 Å². The number of anilines is 1. The first-order valence-electron chi connectivity index (χ1n) is 17.4. The number of morpholine rings is 2. The lowest BCUT2D eigenvalue weighted by Crippen LogP contribution is -2.43. The maximum Gasteiger partial charge on any atom is 0.314 e. The molecule has 2 aliphatic rings. The lowest BCUT2D eigenvalue weighted by Gasteiger charge is -2.24. The number of benzene rings is 2. The van der Waals surface area contributed by atoms with Gasteiger partial charge in [-0.25, -0.2) is 38.5 Å². The number of hydrogen-bond donors (Lipinski definition) is 1. The smallest absolute Gasteiger partial charge is 0.314 e. The largest absolute Gasteiger partial charge is 0.432 e. The number of ether oxygens (including phenoxy) is 2. The minimum Gasteiger partial charge on any atom is -0.432 e. The third-order valence-electron chi connectivity index (χ3n) is 7.94. The van der Waals surface area contributed by atoms with Gasteiger partial charge < -0.3 is 29.4 Å². The number of carbonyl (C=O) groups excluding carboxylic acids is 2. The van der Waals surface area contributed by atoms with Gasteiger partial charge in [0.2, 0.25) is 0 Å². The number of aryl methyl sites for hydroxylation is 2. The van der Waals surface area contributed by atoms with E-state index in [0.717, 1.165) is 55.6 Å². The Morgan fingerprint density at radius 1 is 0.768 bits per heavy atom. The van der Waals surface area contributed by atoms with Crippen molar-refractivity contribution in [2.75, 3.05) is 70.0 Å². The van der Waals surface area contributed by atoms with E-state index in [1.54, 1.807) is 35.8 Å². The highest BCUT2D eigenvalue weighted by molar-refractivity contribution is 9.09. The van der Waals surface area contributed by atoms with Crippen molar-refractivity contribution in [1.29, 1.82) is 0 Å². The molecule has 5 aromatic rings. The number of thioether (sulfide) groups is 2. The summed E-state index contributed by atoms with van der Waals surface area (Å²) < 4.78 is 40.9. The summed E-state index contributed by atoms with van der Waals surface area (Å²) in [6.07, 6.45) is 12.2. The number of hydrogen-bond acceptors (Lipinski definition) is 13. The molecule has 0 spiro atoms. The van der Waals surface area contributed by atoms with Crippen LogP contribution in [0, 0.1) is 11.6 Å². The summed E-state index contributed by atoms with van der Waals surface area (Å²) in [4.78, 5) is 46.6. The van der Waals surface area contributed by atoms with Crippen LogP contribution in [-0.4, -0.2) is 107 Å². The topological polar surface area (TPSA) is 163 Å². The van der Waals surface area contributed by atoms with Gasteiger partial charge in [0.1, 0.15) is 22.7 Å². The van der Waals surface area contributed by atoms with E-state index in [0.29, 0.717) is 48.7 Å². The van der Waals surface area contributed by atoms with Crippen LogP contribution in [0.3, 0.4) is 0 Å². The fraction of sp³-hybridized carbons (Fsp3) is 0.342. The van der Waals surface area contributed by atoms with Gasteiger partial charge in [0.25, 0.3) is 6.01 Å². The van der Waals surface area contributed by atoms with E-state index in [-0.39, 0.29) is 23.4 Å². The van der Waals surface area contributed by atoms with Gasteiger partial charge in [-0.1, -0.05) is 51.6 Å². The zero-order valence-corrected chi connectivity index (χ0v) is 34.1. The number of primary amides is 1. The van der Waals surface area contributed by atoms with E-state index < -0.39 is 4.83 Å². The first kappa shape index (κ1) is 44.2. The predicted molar refractivity (Wildman–Crippen MR) is 215 cm³/mol. The molecule has 2 saturated heterocycles. The molecular formula is C38H43BrF2N8O5S2. The summed E-state index contributed by atoms with van der Waals surface area (Å²) in [6.45, 7) is 5.78. The summed E-state index contributed by atoms with van der Waals surface area (Å²) in [7, 11) is 0. The summed E-state index contributed by atoms with van der Waals surface area (Å²) in [5.41, 5.74) is 8.17. The predicted octanol–water partition coefficient (Wildman–Crippen LogP) is 6.69. The number of nitrogens with two attached hydrogens (primary N) is 1. The molecule has 298 valence electrons. The minimum atomic E-state index is -0.563. The highest BCUT2D eigenvalue weighted by Crippen LogP contribution is 2.26. The Balaban J connectivity index is 0.000000172. The van der Waals surface area contributed by atoms with Crippen LogP contribution in [-0.2, 0) is 22.3 Å². The zero-order chi connectivity index (χ0) is 40.1. The van der Waals surface area contributed by atoms with Crippen LogP contribution in [0.4, 0.5) is 19.6 Å². The second kappa shape index (κ2) is 24.2. The average molecular weight is 874 g/mol. The van der Waals surface area contributed by atoms with Gasteiger partial charge in [-0.15, -0.1) is 0 Å². The molecule has 2 N–H and O–H groups in total. The Morgan fingerprint density at radius 2 is 1.34 bits per heavy atom. The highest BCUT2D eigenvalue weighted by atomic mass is 79.9. The number of Topliss-reactive ketones (excluding diaryl/α,β-unsaturated/α-hetero) is 1. The number of aromatic nitrogens is 5. The quantitative estimate of drug-likeness (QED) is 0.0723. The van der Waals surface area contributed by atoms with Gasteiger partial charge in [-0.2, -0.15) is 0 Å². The van der Waals surface area contributed by atoms with Crippen LogP contribution in [0.15, 0.2) is 100 Å². The molecule has 13 nitrogen and oxygen atoms in total. The third kappa shape index (κ3) is 15.2. The number of halogens is 3. The fourth-order valence-electron chi connectivity index (χ4n) is 4.94. The molecule has 7 rings (SSSR count). The molecule has 3 aromatic heterocycles. The molecule has 2 aromatic carbocycles. The molecular weight excluding hydrogens is 831 g/mol. The van der Waals surface area contributed by atoms with Gasteiger partial charge in [-0.3, -0.25) is 4.79 Å². The molecule has 18 heteroatoms. The number of nitrogens with zero attached hydrogens (tertiary/aromatic N) is 7. The molecule has 0 radical (unpaired) electrons. The summed E-state index contributed by atoms with van der Waals surface area (Å²) in [5, 5.41) is 1.40. The molecule has 1 unspecified atom stereocenters. The van der Waals surface area contributed by atoms with Crippen molar-refractivity contribution in [3.63, 3.8) is 0 Å². The molecule has 2 fully saturated rings. The Hall–Kier alpha value is -4.49. The minimum absolute atomic E-state index is 0.161. The van der Waals surface area contributed by atoms with Crippen molar-refractivity contribution in [3.05, 3.63) is 120 Å². The van der Waals surface area contributed by atoms with Gasteiger partial charge in [0, 0.05) is 49.8 Å². The zero-order valence-electron chi connectivity index (χ0n) is 30.9. The van der Waals surface area contributed by atoms with E-state index in [1.165, 1.54) is 59.9 Å². The highest BCUT2D eigenvalue weighted by Gasteiger charge is 2.21. The maximum atomic E-state index is 12.8. The van der Waals surface area contributed by atoms with Crippen molar-refractivity contribution in [3.8, 4) is 0 Å².